The number of rotatable bonds is 4. The van der Waals surface area contributed by atoms with Crippen molar-refractivity contribution in [3.8, 4) is 0 Å². The second kappa shape index (κ2) is 4.60. The molecule has 0 saturated heterocycles. The number of anilines is 1. The van der Waals surface area contributed by atoms with Crippen molar-refractivity contribution < 1.29 is 9.90 Å². The van der Waals surface area contributed by atoms with Crippen LogP contribution in [0.15, 0.2) is 18.3 Å². The van der Waals surface area contributed by atoms with E-state index >= 15 is 0 Å². The number of hydrogen-bond donors (Lipinski definition) is 2. The molecule has 76 valence electrons. The number of nitrogens with two attached hydrogens (primary N) is 1. The average molecular weight is 194 g/mol. The third-order valence-corrected chi connectivity index (χ3v) is 2.19. The summed E-state index contributed by atoms with van der Waals surface area (Å²) in [7, 11) is 0. The molecule has 0 fully saturated rings. The highest BCUT2D eigenvalue weighted by Crippen LogP contribution is 2.13. The summed E-state index contributed by atoms with van der Waals surface area (Å²) in [5.41, 5.74) is 6.54. The summed E-state index contributed by atoms with van der Waals surface area (Å²) in [6.45, 7) is 1.69. The number of nitrogens with zero attached hydrogens (tertiary/aromatic N) is 1. The Balaban J connectivity index is 2.54. The summed E-state index contributed by atoms with van der Waals surface area (Å²) in [6.07, 6.45) is 2.87. The molecule has 0 aliphatic heterocycles. The van der Waals surface area contributed by atoms with E-state index in [1.165, 1.54) is 0 Å². The number of hydrogen-bond acceptors (Lipinski definition) is 3. The minimum Gasteiger partial charge on any atom is -0.481 e. The van der Waals surface area contributed by atoms with Gasteiger partial charge in [-0.2, -0.15) is 0 Å². The largest absolute Gasteiger partial charge is 0.481 e. The average Bonchev–Trinajstić information content (AvgIpc) is 2.16. The first-order chi connectivity index (χ1) is 6.61. The Labute approximate surface area is 82.8 Å². The number of aromatic nitrogens is 1. The Kier molecular flexibility index (Phi) is 3.45. The number of aliphatic carboxylic acids is 1. The summed E-state index contributed by atoms with van der Waals surface area (Å²) in [6, 6.07) is 3.67. The lowest BCUT2D eigenvalue weighted by Gasteiger charge is -2.06. The highest BCUT2D eigenvalue weighted by atomic mass is 16.4. The fourth-order valence-corrected chi connectivity index (χ4v) is 1.16. The van der Waals surface area contributed by atoms with Gasteiger partial charge in [0.05, 0.1) is 5.92 Å². The maximum Gasteiger partial charge on any atom is 0.306 e. The molecule has 1 aromatic heterocycles. The summed E-state index contributed by atoms with van der Waals surface area (Å²) < 4.78 is 0. The van der Waals surface area contributed by atoms with E-state index in [4.69, 9.17) is 10.8 Å². The molecule has 1 heterocycles. The van der Waals surface area contributed by atoms with Crippen LogP contribution in [0.3, 0.4) is 0 Å². The van der Waals surface area contributed by atoms with Crippen LogP contribution in [0.2, 0.25) is 0 Å². The first kappa shape index (κ1) is 10.5. The highest BCUT2D eigenvalue weighted by Gasteiger charge is 2.11. The van der Waals surface area contributed by atoms with Crippen LogP contribution in [0.5, 0.6) is 0 Å². The van der Waals surface area contributed by atoms with Crippen LogP contribution in [-0.4, -0.2) is 16.1 Å². The minimum atomic E-state index is -0.771. The van der Waals surface area contributed by atoms with E-state index in [-0.39, 0.29) is 5.92 Å². The lowest BCUT2D eigenvalue weighted by atomic mass is 10.0. The summed E-state index contributed by atoms with van der Waals surface area (Å²) >= 11 is 0. The lowest BCUT2D eigenvalue weighted by Crippen LogP contribution is -2.10. The Hall–Kier alpha value is -1.58. The molecular weight excluding hydrogens is 180 g/mol. The van der Waals surface area contributed by atoms with Crippen molar-refractivity contribution in [2.75, 3.05) is 5.73 Å². The first-order valence-electron chi connectivity index (χ1n) is 4.53. The van der Waals surface area contributed by atoms with E-state index in [0.29, 0.717) is 18.7 Å². The van der Waals surface area contributed by atoms with Crippen molar-refractivity contribution in [1.29, 1.82) is 0 Å². The number of pyridine rings is 1. The lowest BCUT2D eigenvalue weighted by molar-refractivity contribution is -0.141. The van der Waals surface area contributed by atoms with Gasteiger partial charge in [-0.1, -0.05) is 13.0 Å². The fraction of sp³-hybridized carbons (Fsp3) is 0.400. The smallest absolute Gasteiger partial charge is 0.306 e. The molecule has 0 aromatic carbocycles. The monoisotopic (exact) mass is 194 g/mol. The molecule has 4 nitrogen and oxygen atoms in total. The van der Waals surface area contributed by atoms with Gasteiger partial charge >= 0.3 is 5.97 Å². The molecule has 4 heteroatoms. The Bertz CT molecular complexity index is 326. The second-order valence-electron chi connectivity index (χ2n) is 3.33. The molecule has 0 spiro atoms. The zero-order valence-corrected chi connectivity index (χ0v) is 8.10. The van der Waals surface area contributed by atoms with Gasteiger partial charge in [0.25, 0.3) is 0 Å². The normalized spacial score (nSPS) is 12.4. The van der Waals surface area contributed by atoms with E-state index in [9.17, 15) is 4.79 Å². The van der Waals surface area contributed by atoms with Crippen LogP contribution < -0.4 is 5.73 Å². The van der Waals surface area contributed by atoms with Crippen molar-refractivity contribution in [3.63, 3.8) is 0 Å². The van der Waals surface area contributed by atoms with Gasteiger partial charge in [-0.3, -0.25) is 4.79 Å². The molecular formula is C10H14N2O2. The van der Waals surface area contributed by atoms with E-state index in [2.05, 4.69) is 4.98 Å². The predicted molar refractivity (Wildman–Crippen MR) is 53.8 cm³/mol. The fourth-order valence-electron chi connectivity index (χ4n) is 1.16. The number of carboxylic acids is 1. The topological polar surface area (TPSA) is 76.2 Å². The van der Waals surface area contributed by atoms with Gasteiger partial charge in [0.2, 0.25) is 0 Å². The third-order valence-electron chi connectivity index (χ3n) is 2.19. The quantitative estimate of drug-likeness (QED) is 0.757. The first-order valence-corrected chi connectivity index (χ1v) is 4.53. The van der Waals surface area contributed by atoms with Gasteiger partial charge in [-0.05, 0) is 24.5 Å². The molecule has 0 bridgehead atoms. The number of nitrogen functional groups attached to an aromatic ring is 1. The Morgan fingerprint density at radius 3 is 3.00 bits per heavy atom. The van der Waals surface area contributed by atoms with Gasteiger partial charge in [-0.25, -0.2) is 4.98 Å². The predicted octanol–water partition coefficient (Wildman–Crippen LogP) is 1.32. The number of carboxylic acid groups (broad SMARTS) is 1. The van der Waals surface area contributed by atoms with Gasteiger partial charge in [0.1, 0.15) is 5.82 Å². The number of aryl methyl sites for hydroxylation is 1. The molecule has 0 saturated carbocycles. The molecule has 1 aromatic rings. The van der Waals surface area contributed by atoms with Crippen LogP contribution in [-0.2, 0) is 11.2 Å². The molecule has 3 N–H and O–H groups in total. The zero-order valence-electron chi connectivity index (χ0n) is 8.10. The van der Waals surface area contributed by atoms with Crippen LogP contribution in [0.1, 0.15) is 18.9 Å². The Morgan fingerprint density at radius 1 is 1.71 bits per heavy atom. The van der Waals surface area contributed by atoms with Crippen molar-refractivity contribution in [3.05, 3.63) is 23.9 Å². The van der Waals surface area contributed by atoms with Gasteiger partial charge in [0.15, 0.2) is 0 Å². The van der Waals surface area contributed by atoms with E-state index in [1.807, 2.05) is 6.07 Å². The van der Waals surface area contributed by atoms with Crippen molar-refractivity contribution >= 4 is 11.8 Å². The molecule has 1 rings (SSSR count). The third kappa shape index (κ3) is 2.73. The Morgan fingerprint density at radius 2 is 2.43 bits per heavy atom. The molecule has 1 atom stereocenters. The van der Waals surface area contributed by atoms with Gasteiger partial charge < -0.3 is 10.8 Å². The molecule has 0 radical (unpaired) electrons. The van der Waals surface area contributed by atoms with E-state index in [0.717, 1.165) is 5.56 Å². The molecule has 0 aliphatic carbocycles. The van der Waals surface area contributed by atoms with Crippen molar-refractivity contribution in [2.24, 2.45) is 5.92 Å². The SMILES string of the molecule is CC(CCc1cccnc1N)C(=O)O. The van der Waals surface area contributed by atoms with Gasteiger partial charge in [-0.15, -0.1) is 0 Å². The van der Waals surface area contributed by atoms with Crippen LogP contribution >= 0.6 is 0 Å². The van der Waals surface area contributed by atoms with E-state index in [1.54, 1.807) is 19.2 Å². The number of carbonyl (C=O) groups is 1. The minimum absolute atomic E-state index is 0.338. The van der Waals surface area contributed by atoms with Crippen LogP contribution in [0, 0.1) is 5.92 Å². The summed E-state index contributed by atoms with van der Waals surface area (Å²) in [4.78, 5) is 14.5. The summed E-state index contributed by atoms with van der Waals surface area (Å²) in [5, 5.41) is 8.68. The van der Waals surface area contributed by atoms with Crippen LogP contribution in [0.25, 0.3) is 0 Å². The molecule has 1 unspecified atom stereocenters. The van der Waals surface area contributed by atoms with Crippen molar-refractivity contribution in [2.45, 2.75) is 19.8 Å². The highest BCUT2D eigenvalue weighted by molar-refractivity contribution is 5.69. The molecule has 14 heavy (non-hydrogen) atoms. The van der Waals surface area contributed by atoms with Gasteiger partial charge in [0, 0.05) is 6.20 Å². The molecule has 0 amide bonds. The zero-order chi connectivity index (χ0) is 10.6. The molecule has 0 aliphatic rings. The maximum absolute atomic E-state index is 10.6. The maximum atomic E-state index is 10.6. The standard InChI is InChI=1S/C10H14N2O2/c1-7(10(13)14)4-5-8-3-2-6-12-9(8)11/h2-3,6-7H,4-5H2,1H3,(H2,11,12)(H,13,14). The summed E-state index contributed by atoms with van der Waals surface area (Å²) in [5.74, 6) is -0.618. The van der Waals surface area contributed by atoms with Crippen LogP contribution in [0.4, 0.5) is 5.82 Å². The second-order valence-corrected chi connectivity index (χ2v) is 3.33. The van der Waals surface area contributed by atoms with Crippen molar-refractivity contribution in [1.82, 2.24) is 4.98 Å². The van der Waals surface area contributed by atoms with E-state index < -0.39 is 5.97 Å².